The minimum absolute atomic E-state index is 0.0328. The highest BCUT2D eigenvalue weighted by molar-refractivity contribution is 9.09. The number of carbonyl (C=O) groups is 1. The Labute approximate surface area is 122 Å². The van der Waals surface area contributed by atoms with Crippen LogP contribution in [0.4, 0.5) is 0 Å². The Morgan fingerprint density at radius 3 is 2.78 bits per heavy atom. The fourth-order valence-corrected chi connectivity index (χ4v) is 2.84. The molecule has 1 atom stereocenters. The molecule has 0 fully saturated rings. The summed E-state index contributed by atoms with van der Waals surface area (Å²) >= 11 is 9.44. The van der Waals surface area contributed by atoms with E-state index >= 15 is 0 Å². The maximum Gasteiger partial charge on any atom is 0.224 e. The van der Waals surface area contributed by atoms with Crippen molar-refractivity contribution in [3.63, 3.8) is 0 Å². The van der Waals surface area contributed by atoms with Crippen LogP contribution in [0.25, 0.3) is 0 Å². The number of carbonyl (C=O) groups excluding carboxylic acids is 1. The Bertz CT molecular complexity index is 395. The first-order chi connectivity index (χ1) is 8.47. The van der Waals surface area contributed by atoms with E-state index in [1.54, 1.807) is 6.07 Å². The monoisotopic (exact) mass is 331 g/mol. The van der Waals surface area contributed by atoms with Crippen LogP contribution < -0.4 is 5.32 Å². The zero-order chi connectivity index (χ0) is 13.5. The van der Waals surface area contributed by atoms with Crippen LogP contribution in [0.2, 0.25) is 5.02 Å². The largest absolute Gasteiger partial charge is 0.355 e. The van der Waals surface area contributed by atoms with Gasteiger partial charge in [0.25, 0.3) is 0 Å². The number of halogens is 2. The number of hydrogen-bond donors (Lipinski definition) is 1. The van der Waals surface area contributed by atoms with Crippen molar-refractivity contribution in [2.24, 2.45) is 5.92 Å². The second-order valence-electron chi connectivity index (χ2n) is 4.84. The third-order valence-corrected chi connectivity index (χ3v) is 3.43. The van der Waals surface area contributed by atoms with E-state index in [2.05, 4.69) is 35.1 Å². The van der Waals surface area contributed by atoms with Gasteiger partial charge < -0.3 is 5.32 Å². The van der Waals surface area contributed by atoms with Crippen LogP contribution in [0.1, 0.15) is 25.8 Å². The first-order valence-corrected chi connectivity index (χ1v) is 7.42. The van der Waals surface area contributed by atoms with Crippen molar-refractivity contribution in [1.82, 2.24) is 5.32 Å². The van der Waals surface area contributed by atoms with Gasteiger partial charge in [0.05, 0.1) is 6.42 Å². The number of alkyl halides is 1. The molecule has 1 unspecified atom stereocenters. The van der Waals surface area contributed by atoms with Crippen LogP contribution in [-0.2, 0) is 11.2 Å². The van der Waals surface area contributed by atoms with Gasteiger partial charge in [-0.25, -0.2) is 0 Å². The Kier molecular flexibility index (Phi) is 6.72. The van der Waals surface area contributed by atoms with E-state index < -0.39 is 0 Å². The van der Waals surface area contributed by atoms with E-state index in [1.165, 1.54) is 0 Å². The molecule has 100 valence electrons. The van der Waals surface area contributed by atoms with Crippen molar-refractivity contribution in [2.45, 2.75) is 31.5 Å². The lowest BCUT2D eigenvalue weighted by atomic mass is 10.1. The van der Waals surface area contributed by atoms with Crippen LogP contribution in [0.3, 0.4) is 0 Å². The summed E-state index contributed by atoms with van der Waals surface area (Å²) in [5.74, 6) is 0.657. The van der Waals surface area contributed by atoms with Gasteiger partial charge in [-0.05, 0) is 30.0 Å². The van der Waals surface area contributed by atoms with Gasteiger partial charge in [-0.15, -0.1) is 0 Å². The molecule has 1 amide bonds. The first kappa shape index (κ1) is 15.5. The minimum atomic E-state index is 0.0328. The van der Waals surface area contributed by atoms with Gasteiger partial charge >= 0.3 is 0 Å². The molecule has 2 nitrogen and oxygen atoms in total. The van der Waals surface area contributed by atoms with Crippen LogP contribution >= 0.6 is 27.5 Å². The van der Waals surface area contributed by atoms with Crippen molar-refractivity contribution in [3.8, 4) is 0 Å². The van der Waals surface area contributed by atoms with Crippen molar-refractivity contribution >= 4 is 33.4 Å². The molecule has 0 saturated heterocycles. The molecule has 1 aromatic rings. The molecule has 4 heteroatoms. The highest BCUT2D eigenvalue weighted by atomic mass is 79.9. The summed E-state index contributed by atoms with van der Waals surface area (Å²) in [6, 6.07) is 7.39. The lowest BCUT2D eigenvalue weighted by molar-refractivity contribution is -0.120. The molecule has 1 rings (SSSR count). The second kappa shape index (κ2) is 7.80. The fraction of sp³-hybridized carbons (Fsp3) is 0.500. The maximum absolute atomic E-state index is 11.7. The lowest BCUT2D eigenvalue weighted by Gasteiger charge is -2.13. The summed E-state index contributed by atoms with van der Waals surface area (Å²) in [7, 11) is 0. The van der Waals surface area contributed by atoms with E-state index in [0.29, 0.717) is 28.7 Å². The van der Waals surface area contributed by atoms with Gasteiger partial charge in [-0.1, -0.05) is 53.5 Å². The average Bonchev–Trinajstić information content (AvgIpc) is 2.25. The molecule has 0 heterocycles. The van der Waals surface area contributed by atoms with E-state index in [1.807, 2.05) is 18.2 Å². The molecule has 0 aliphatic carbocycles. The molecule has 1 N–H and O–H groups in total. The standard InChI is InChI=1S/C14H19BrClNO/c1-10(2)6-12(15)9-17-14(18)8-11-4-3-5-13(16)7-11/h3-5,7,10,12H,6,8-9H2,1-2H3,(H,17,18). The zero-order valence-electron chi connectivity index (χ0n) is 10.7. The van der Waals surface area contributed by atoms with Crippen molar-refractivity contribution in [2.75, 3.05) is 6.54 Å². The third kappa shape index (κ3) is 6.41. The van der Waals surface area contributed by atoms with Gasteiger partial charge in [0, 0.05) is 16.4 Å². The van der Waals surface area contributed by atoms with Gasteiger partial charge in [-0.3, -0.25) is 4.79 Å². The molecule has 0 radical (unpaired) electrons. The summed E-state index contributed by atoms with van der Waals surface area (Å²) in [5, 5.41) is 3.59. The SMILES string of the molecule is CC(C)CC(Br)CNC(=O)Cc1cccc(Cl)c1. The van der Waals surface area contributed by atoms with Crippen molar-refractivity contribution in [3.05, 3.63) is 34.9 Å². The second-order valence-corrected chi connectivity index (χ2v) is 6.57. The van der Waals surface area contributed by atoms with E-state index in [4.69, 9.17) is 11.6 Å². The Morgan fingerprint density at radius 2 is 2.17 bits per heavy atom. The summed E-state index contributed by atoms with van der Waals surface area (Å²) in [4.78, 5) is 12.1. The molecule has 1 aromatic carbocycles. The molecule has 0 aromatic heterocycles. The fourth-order valence-electron chi connectivity index (χ4n) is 1.71. The minimum Gasteiger partial charge on any atom is -0.355 e. The first-order valence-electron chi connectivity index (χ1n) is 6.12. The molecule has 0 bridgehead atoms. The highest BCUT2D eigenvalue weighted by Gasteiger charge is 2.09. The molecule has 0 spiro atoms. The molecule has 18 heavy (non-hydrogen) atoms. The quantitative estimate of drug-likeness (QED) is 0.789. The topological polar surface area (TPSA) is 29.1 Å². The Morgan fingerprint density at radius 1 is 1.44 bits per heavy atom. The molecular formula is C14H19BrClNO. The number of amides is 1. The maximum atomic E-state index is 11.7. The van der Waals surface area contributed by atoms with Gasteiger partial charge in [0.15, 0.2) is 0 Å². The summed E-state index contributed by atoms with van der Waals surface area (Å²) in [5.41, 5.74) is 0.940. The highest BCUT2D eigenvalue weighted by Crippen LogP contribution is 2.12. The zero-order valence-corrected chi connectivity index (χ0v) is 13.1. The van der Waals surface area contributed by atoms with Crippen LogP contribution in [-0.4, -0.2) is 17.3 Å². The smallest absolute Gasteiger partial charge is 0.224 e. The van der Waals surface area contributed by atoms with E-state index in [9.17, 15) is 4.79 Å². The normalized spacial score (nSPS) is 12.5. The average molecular weight is 333 g/mol. The van der Waals surface area contributed by atoms with Crippen LogP contribution in [0.15, 0.2) is 24.3 Å². The van der Waals surface area contributed by atoms with Crippen molar-refractivity contribution in [1.29, 1.82) is 0 Å². The number of nitrogens with one attached hydrogen (secondary N) is 1. The Hall–Kier alpha value is -0.540. The van der Waals surface area contributed by atoms with Gasteiger partial charge in [0.1, 0.15) is 0 Å². The number of rotatable bonds is 6. The summed E-state index contributed by atoms with van der Waals surface area (Å²) < 4.78 is 0. The molecular weight excluding hydrogens is 314 g/mol. The molecule has 0 saturated carbocycles. The van der Waals surface area contributed by atoms with Crippen LogP contribution in [0.5, 0.6) is 0 Å². The van der Waals surface area contributed by atoms with Crippen LogP contribution in [0, 0.1) is 5.92 Å². The Balaban J connectivity index is 2.34. The molecule has 0 aliphatic rings. The van der Waals surface area contributed by atoms with Gasteiger partial charge in [-0.2, -0.15) is 0 Å². The van der Waals surface area contributed by atoms with E-state index in [0.717, 1.165) is 12.0 Å². The lowest BCUT2D eigenvalue weighted by Crippen LogP contribution is -2.31. The molecule has 0 aliphatic heterocycles. The number of hydrogen-bond acceptors (Lipinski definition) is 1. The predicted molar refractivity (Wildman–Crippen MR) is 80.3 cm³/mol. The summed E-state index contributed by atoms with van der Waals surface area (Å²) in [6.45, 7) is 5.00. The number of benzene rings is 1. The predicted octanol–water partition coefficient (Wildman–Crippen LogP) is 3.81. The third-order valence-electron chi connectivity index (χ3n) is 2.50. The van der Waals surface area contributed by atoms with E-state index in [-0.39, 0.29) is 5.91 Å². The van der Waals surface area contributed by atoms with Crippen molar-refractivity contribution < 1.29 is 4.79 Å². The summed E-state index contributed by atoms with van der Waals surface area (Å²) in [6.07, 6.45) is 1.43. The van der Waals surface area contributed by atoms with Gasteiger partial charge in [0.2, 0.25) is 5.91 Å².